The van der Waals surface area contributed by atoms with Crippen LogP contribution in [0.1, 0.15) is 30.6 Å². The lowest BCUT2D eigenvalue weighted by Gasteiger charge is -2.10. The third-order valence-electron chi connectivity index (χ3n) is 2.88. The molecule has 6 nitrogen and oxygen atoms in total. The number of aromatic nitrogens is 2. The number of hydrogen-bond donors (Lipinski definition) is 2. The van der Waals surface area contributed by atoms with Crippen LogP contribution in [0.25, 0.3) is 0 Å². The van der Waals surface area contributed by atoms with E-state index in [0.717, 1.165) is 10.7 Å². The van der Waals surface area contributed by atoms with Crippen molar-refractivity contribution in [2.45, 2.75) is 37.9 Å². The smallest absolute Gasteiger partial charge is 0.242 e. The number of rotatable bonds is 6. The second kappa shape index (κ2) is 6.04. The maximum absolute atomic E-state index is 12.2. The van der Waals surface area contributed by atoms with Crippen molar-refractivity contribution in [1.29, 1.82) is 0 Å². The molecule has 2 aromatic rings. The molecule has 0 saturated heterocycles. The van der Waals surface area contributed by atoms with Gasteiger partial charge in [-0.25, -0.2) is 18.1 Å². The van der Waals surface area contributed by atoms with Crippen molar-refractivity contribution in [3.63, 3.8) is 0 Å². The van der Waals surface area contributed by atoms with Crippen molar-refractivity contribution in [1.82, 2.24) is 14.3 Å². The zero-order valence-corrected chi connectivity index (χ0v) is 13.0. The van der Waals surface area contributed by atoms with Crippen LogP contribution in [0, 0.1) is 0 Å². The molecule has 0 radical (unpaired) electrons. The second-order valence-electron chi connectivity index (χ2n) is 4.62. The lowest BCUT2D eigenvalue weighted by atomic mass is 10.3. The van der Waals surface area contributed by atoms with Gasteiger partial charge in [-0.1, -0.05) is 0 Å². The van der Waals surface area contributed by atoms with Gasteiger partial charge in [0.25, 0.3) is 0 Å². The second-order valence-corrected chi connectivity index (χ2v) is 7.37. The monoisotopic (exact) mass is 314 g/mol. The van der Waals surface area contributed by atoms with Crippen molar-refractivity contribution in [2.75, 3.05) is 0 Å². The number of nitrogens with one attached hydrogen (secondary N) is 1. The lowest BCUT2D eigenvalue weighted by molar-refractivity contribution is 0.569. The van der Waals surface area contributed by atoms with Gasteiger partial charge in [-0.15, -0.1) is 11.3 Å². The first-order valence-electron chi connectivity index (χ1n) is 6.23. The first kappa shape index (κ1) is 15.2. The summed E-state index contributed by atoms with van der Waals surface area (Å²) in [4.78, 5) is 4.29. The molecule has 2 aromatic heterocycles. The van der Waals surface area contributed by atoms with Crippen molar-refractivity contribution in [2.24, 2.45) is 5.73 Å². The summed E-state index contributed by atoms with van der Waals surface area (Å²) in [6, 6.07) is 1.78. The molecule has 2 rings (SSSR count). The standard InChI is InChI=1S/C12H18N4O2S2/c1-9(2)16-8-11(5-10(16)6-13)20(17,18)15-7-12-14-3-4-19-12/h3-5,8-9,15H,6-7,13H2,1-2H3. The third kappa shape index (κ3) is 3.26. The Morgan fingerprint density at radius 2 is 2.25 bits per heavy atom. The highest BCUT2D eigenvalue weighted by molar-refractivity contribution is 7.89. The van der Waals surface area contributed by atoms with Gasteiger partial charge in [-0.2, -0.15) is 0 Å². The number of nitrogens with zero attached hydrogens (tertiary/aromatic N) is 2. The minimum atomic E-state index is -3.54. The molecule has 3 N–H and O–H groups in total. The predicted octanol–water partition coefficient (Wildman–Crippen LogP) is 1.46. The molecule has 0 fully saturated rings. The van der Waals surface area contributed by atoms with Crippen LogP contribution in [0.3, 0.4) is 0 Å². The van der Waals surface area contributed by atoms with Gasteiger partial charge < -0.3 is 10.3 Å². The predicted molar refractivity (Wildman–Crippen MR) is 78.8 cm³/mol. The van der Waals surface area contributed by atoms with Crippen molar-refractivity contribution in [3.8, 4) is 0 Å². The fourth-order valence-corrected chi connectivity index (χ4v) is 3.55. The van der Waals surface area contributed by atoms with E-state index in [1.165, 1.54) is 11.3 Å². The highest BCUT2D eigenvalue weighted by Gasteiger charge is 2.19. The Hall–Kier alpha value is -1.22. The van der Waals surface area contributed by atoms with E-state index in [-0.39, 0.29) is 17.5 Å². The highest BCUT2D eigenvalue weighted by atomic mass is 32.2. The molecule has 0 bridgehead atoms. The molecule has 0 amide bonds. The number of nitrogens with two attached hydrogens (primary N) is 1. The van der Waals surface area contributed by atoms with Gasteiger partial charge in [0.05, 0.1) is 11.4 Å². The minimum absolute atomic E-state index is 0.163. The zero-order chi connectivity index (χ0) is 14.8. The van der Waals surface area contributed by atoms with E-state index < -0.39 is 10.0 Å². The summed E-state index contributed by atoms with van der Waals surface area (Å²) >= 11 is 1.41. The quantitative estimate of drug-likeness (QED) is 0.844. The summed E-state index contributed by atoms with van der Waals surface area (Å²) in [5.41, 5.74) is 6.45. The molecule has 0 aromatic carbocycles. The molecular formula is C12H18N4O2S2. The normalized spacial score (nSPS) is 12.2. The number of thiazole rings is 1. The van der Waals surface area contributed by atoms with Crippen LogP contribution in [0.2, 0.25) is 0 Å². The Kier molecular flexibility index (Phi) is 4.59. The molecule has 0 saturated carbocycles. The van der Waals surface area contributed by atoms with E-state index in [1.807, 2.05) is 23.8 Å². The Morgan fingerprint density at radius 3 is 2.75 bits per heavy atom. The van der Waals surface area contributed by atoms with Gasteiger partial charge in [0, 0.05) is 36.1 Å². The maximum Gasteiger partial charge on any atom is 0.242 e. The summed E-state index contributed by atoms with van der Waals surface area (Å²) in [7, 11) is -3.54. The van der Waals surface area contributed by atoms with E-state index in [1.54, 1.807) is 18.5 Å². The third-order valence-corrected chi connectivity index (χ3v) is 5.03. The van der Waals surface area contributed by atoms with Gasteiger partial charge in [-0.05, 0) is 19.9 Å². The van der Waals surface area contributed by atoms with Crippen LogP contribution in [-0.4, -0.2) is 18.0 Å². The fraction of sp³-hybridized carbons (Fsp3) is 0.417. The molecular weight excluding hydrogens is 296 g/mol. The van der Waals surface area contributed by atoms with Crippen LogP contribution in [0.5, 0.6) is 0 Å². The van der Waals surface area contributed by atoms with Gasteiger partial charge in [0.2, 0.25) is 10.0 Å². The van der Waals surface area contributed by atoms with Crippen molar-refractivity contribution < 1.29 is 8.42 Å². The molecule has 8 heteroatoms. The highest BCUT2D eigenvalue weighted by Crippen LogP contribution is 2.19. The van der Waals surface area contributed by atoms with Crippen LogP contribution >= 0.6 is 11.3 Å². The molecule has 20 heavy (non-hydrogen) atoms. The lowest BCUT2D eigenvalue weighted by Crippen LogP contribution is -2.22. The molecule has 110 valence electrons. The number of sulfonamides is 1. The molecule has 0 unspecified atom stereocenters. The Balaban J connectivity index is 2.21. The molecule has 0 aliphatic carbocycles. The first-order valence-corrected chi connectivity index (χ1v) is 8.59. The molecule has 0 spiro atoms. The van der Waals surface area contributed by atoms with E-state index in [0.29, 0.717) is 6.54 Å². The van der Waals surface area contributed by atoms with Gasteiger partial charge >= 0.3 is 0 Å². The summed E-state index contributed by atoms with van der Waals surface area (Å²) < 4.78 is 28.9. The van der Waals surface area contributed by atoms with E-state index in [2.05, 4.69) is 9.71 Å². The van der Waals surface area contributed by atoms with E-state index in [4.69, 9.17) is 5.73 Å². The van der Waals surface area contributed by atoms with Gasteiger partial charge in [0.15, 0.2) is 0 Å². The largest absolute Gasteiger partial charge is 0.346 e. The molecule has 2 heterocycles. The Morgan fingerprint density at radius 1 is 1.50 bits per heavy atom. The first-order chi connectivity index (χ1) is 9.44. The fourth-order valence-electron chi connectivity index (χ4n) is 1.87. The van der Waals surface area contributed by atoms with Crippen LogP contribution in [0.4, 0.5) is 0 Å². The van der Waals surface area contributed by atoms with E-state index in [9.17, 15) is 8.42 Å². The van der Waals surface area contributed by atoms with Gasteiger partial charge in [-0.3, -0.25) is 0 Å². The summed E-state index contributed by atoms with van der Waals surface area (Å²) in [5, 5.41) is 2.54. The van der Waals surface area contributed by atoms with Crippen molar-refractivity contribution >= 4 is 21.4 Å². The zero-order valence-electron chi connectivity index (χ0n) is 11.4. The molecule has 0 aliphatic heterocycles. The Bertz CT molecular complexity index is 660. The average Bonchev–Trinajstić information content (AvgIpc) is 3.05. The average molecular weight is 314 g/mol. The summed E-state index contributed by atoms with van der Waals surface area (Å²) in [6.07, 6.45) is 3.27. The SMILES string of the molecule is CC(C)n1cc(S(=O)(=O)NCc2nccs2)cc1CN. The van der Waals surface area contributed by atoms with Gasteiger partial charge in [0.1, 0.15) is 5.01 Å². The van der Waals surface area contributed by atoms with E-state index >= 15 is 0 Å². The topological polar surface area (TPSA) is 90.0 Å². The summed E-state index contributed by atoms with van der Waals surface area (Å²) in [6.45, 7) is 4.47. The van der Waals surface area contributed by atoms with Crippen LogP contribution in [0.15, 0.2) is 28.7 Å². The van der Waals surface area contributed by atoms with Crippen LogP contribution < -0.4 is 10.5 Å². The van der Waals surface area contributed by atoms with Crippen molar-refractivity contribution in [3.05, 3.63) is 34.5 Å². The maximum atomic E-state index is 12.2. The minimum Gasteiger partial charge on any atom is -0.346 e. The Labute approximate surface area is 122 Å². The molecule has 0 atom stereocenters. The van der Waals surface area contributed by atoms with Crippen LogP contribution in [-0.2, 0) is 23.1 Å². The number of hydrogen-bond acceptors (Lipinski definition) is 5. The molecule has 0 aliphatic rings. The summed E-state index contributed by atoms with van der Waals surface area (Å²) in [5.74, 6) is 0.